The quantitative estimate of drug-likeness (QED) is 0.490. The second-order valence-electron chi connectivity index (χ2n) is 2.60. The molecule has 0 bridgehead atoms. The molecule has 0 spiro atoms. The molecule has 0 aliphatic heterocycles. The Hall–Kier alpha value is -1.50. The maximum atomic E-state index is 8.52. The van der Waals surface area contributed by atoms with Gasteiger partial charge in [0.1, 0.15) is 0 Å². The van der Waals surface area contributed by atoms with E-state index in [1.54, 1.807) is 0 Å². The molecule has 0 atom stereocenters. The van der Waals surface area contributed by atoms with Crippen molar-refractivity contribution in [1.82, 2.24) is 4.98 Å². The summed E-state index contributed by atoms with van der Waals surface area (Å²) in [5, 5.41) is 1.20. The summed E-state index contributed by atoms with van der Waals surface area (Å²) in [6.45, 7) is 0. The van der Waals surface area contributed by atoms with E-state index in [1.807, 2.05) is 30.5 Å². The molecule has 0 radical (unpaired) electrons. The van der Waals surface area contributed by atoms with Gasteiger partial charge >= 0.3 is 0 Å². The van der Waals surface area contributed by atoms with Gasteiger partial charge in [0.2, 0.25) is 0 Å². The molecule has 0 N–H and O–H groups in total. The molecule has 0 aliphatic rings. The number of nitrogens with zero attached hydrogens (tertiary/aromatic N) is 1. The van der Waals surface area contributed by atoms with Gasteiger partial charge in [-0.25, -0.2) is 0 Å². The van der Waals surface area contributed by atoms with Gasteiger partial charge in [-0.2, -0.15) is 0 Å². The number of hydrogen-bond donors (Lipinski definition) is 0. The van der Waals surface area contributed by atoms with Gasteiger partial charge in [-0.05, 0) is 12.1 Å². The third-order valence-electron chi connectivity index (χ3n) is 1.51. The van der Waals surface area contributed by atoms with Crippen LogP contribution < -0.4 is 0 Å². The van der Waals surface area contributed by atoms with Crippen molar-refractivity contribution in [3.63, 3.8) is 0 Å². The highest BCUT2D eigenvalue weighted by Gasteiger charge is 1.86. The minimum atomic E-state index is -5.17. The van der Waals surface area contributed by atoms with E-state index < -0.39 is 10.4 Å². The van der Waals surface area contributed by atoms with E-state index in [0.717, 1.165) is 5.52 Å². The van der Waals surface area contributed by atoms with Crippen LogP contribution in [-0.2, 0) is 10.4 Å². The van der Waals surface area contributed by atoms with Crippen LogP contribution in [0.25, 0.3) is 10.9 Å². The molecule has 15 heavy (non-hydrogen) atoms. The summed E-state index contributed by atoms with van der Waals surface area (Å²) in [5.74, 6) is 0. The van der Waals surface area contributed by atoms with Gasteiger partial charge < -0.3 is 9.11 Å². The molecule has 2 aromatic rings. The molecule has 1 aromatic carbocycles. The Kier molecular flexibility index (Phi) is 3.73. The molecular weight excluding hydrogens is 218 g/mol. The summed E-state index contributed by atoms with van der Waals surface area (Å²) in [5.41, 5.74) is 1.06. The van der Waals surface area contributed by atoms with Gasteiger partial charge in [-0.15, -0.1) is 0 Å². The standard InChI is InChI=1S/C9H7N.H2O4S/c1-2-6-9-8(4-1)5-3-7-10-9;1-5(2,3)4/h1-7H;(H2,1,2,3,4)/p-2. The summed E-state index contributed by atoms with van der Waals surface area (Å²) >= 11 is 0. The summed E-state index contributed by atoms with van der Waals surface area (Å²) in [4.78, 5) is 4.18. The predicted octanol–water partition coefficient (Wildman–Crippen LogP) is 0.897. The topological polar surface area (TPSA) is 93.2 Å². The van der Waals surface area contributed by atoms with Crippen LogP contribution in [0.5, 0.6) is 0 Å². The van der Waals surface area contributed by atoms with Crippen molar-refractivity contribution in [2.45, 2.75) is 0 Å². The second-order valence-corrected chi connectivity index (χ2v) is 3.42. The SMILES string of the molecule is O=S(=O)([O-])[O-].c1ccc2ncccc2c1. The van der Waals surface area contributed by atoms with Gasteiger partial charge in [0.25, 0.3) is 0 Å². The summed E-state index contributed by atoms with van der Waals surface area (Å²) in [7, 11) is -5.17. The Morgan fingerprint density at radius 2 is 1.53 bits per heavy atom. The number of fused-ring (bicyclic) bond motifs is 1. The average Bonchev–Trinajstić information content (AvgIpc) is 2.16. The van der Waals surface area contributed by atoms with Gasteiger partial charge in [-0.3, -0.25) is 13.4 Å². The fourth-order valence-electron chi connectivity index (χ4n) is 1.02. The molecule has 6 heteroatoms. The van der Waals surface area contributed by atoms with Crippen LogP contribution in [0.4, 0.5) is 0 Å². The third-order valence-corrected chi connectivity index (χ3v) is 1.51. The van der Waals surface area contributed by atoms with E-state index in [4.69, 9.17) is 17.5 Å². The molecule has 0 saturated heterocycles. The maximum Gasteiger partial charge on any atom is 0.0701 e. The first-order valence-corrected chi connectivity index (χ1v) is 5.26. The summed E-state index contributed by atoms with van der Waals surface area (Å²) < 4.78 is 34.1. The molecule has 0 saturated carbocycles. The first-order valence-electron chi connectivity index (χ1n) is 3.93. The minimum Gasteiger partial charge on any atom is -0.759 e. The summed E-state index contributed by atoms with van der Waals surface area (Å²) in [6, 6.07) is 12.1. The highest BCUT2D eigenvalue weighted by atomic mass is 32.3. The first-order chi connectivity index (χ1) is 6.97. The van der Waals surface area contributed by atoms with E-state index in [1.165, 1.54) is 5.39 Å². The van der Waals surface area contributed by atoms with Gasteiger partial charge in [0.05, 0.1) is 5.52 Å². The van der Waals surface area contributed by atoms with Crippen LogP contribution in [0.15, 0.2) is 42.6 Å². The fraction of sp³-hybridized carbons (Fsp3) is 0. The molecule has 0 aliphatic carbocycles. The van der Waals surface area contributed by atoms with Crippen molar-refractivity contribution >= 4 is 21.3 Å². The zero-order chi connectivity index (χ0) is 11.3. The van der Waals surface area contributed by atoms with Crippen LogP contribution in [-0.4, -0.2) is 22.5 Å². The van der Waals surface area contributed by atoms with E-state index >= 15 is 0 Å². The van der Waals surface area contributed by atoms with Crippen LogP contribution in [0.3, 0.4) is 0 Å². The Balaban J connectivity index is 0.000000195. The Morgan fingerprint density at radius 1 is 1.00 bits per heavy atom. The Morgan fingerprint density at radius 3 is 2.13 bits per heavy atom. The minimum absolute atomic E-state index is 1.06. The highest BCUT2D eigenvalue weighted by Crippen LogP contribution is 2.07. The van der Waals surface area contributed by atoms with Crippen LogP contribution in [0.2, 0.25) is 0 Å². The molecule has 1 heterocycles. The lowest BCUT2D eigenvalue weighted by molar-refractivity contribution is 0.352. The number of rotatable bonds is 0. The lowest BCUT2D eigenvalue weighted by Gasteiger charge is -2.06. The van der Waals surface area contributed by atoms with Crippen molar-refractivity contribution in [3.05, 3.63) is 42.6 Å². The lowest BCUT2D eigenvalue weighted by atomic mass is 10.2. The smallest absolute Gasteiger partial charge is 0.0701 e. The number of pyridine rings is 1. The monoisotopic (exact) mass is 225 g/mol. The number of benzene rings is 1. The molecule has 2 rings (SSSR count). The molecule has 1 aromatic heterocycles. The lowest BCUT2D eigenvalue weighted by Crippen LogP contribution is -1.91. The molecule has 5 nitrogen and oxygen atoms in total. The first kappa shape index (κ1) is 11.6. The number of aromatic nitrogens is 1. The van der Waals surface area contributed by atoms with Crippen molar-refractivity contribution in [2.24, 2.45) is 0 Å². The van der Waals surface area contributed by atoms with Crippen LogP contribution >= 0.6 is 0 Å². The van der Waals surface area contributed by atoms with E-state index in [9.17, 15) is 0 Å². The molecule has 0 unspecified atom stereocenters. The predicted molar refractivity (Wildman–Crippen MR) is 52.2 cm³/mol. The zero-order valence-electron chi connectivity index (χ0n) is 7.53. The largest absolute Gasteiger partial charge is 0.759 e. The molecular formula is C9H7NO4S-2. The average molecular weight is 225 g/mol. The molecule has 0 fully saturated rings. The maximum absolute atomic E-state index is 8.52. The Bertz CT molecular complexity index is 465. The van der Waals surface area contributed by atoms with Gasteiger partial charge in [0, 0.05) is 22.0 Å². The van der Waals surface area contributed by atoms with Crippen molar-refractivity contribution in [1.29, 1.82) is 0 Å². The zero-order valence-corrected chi connectivity index (χ0v) is 8.35. The highest BCUT2D eigenvalue weighted by molar-refractivity contribution is 7.79. The van der Waals surface area contributed by atoms with Crippen LogP contribution in [0.1, 0.15) is 0 Å². The summed E-state index contributed by atoms with van der Waals surface area (Å²) in [6.07, 6.45) is 1.81. The van der Waals surface area contributed by atoms with Gasteiger partial charge in [0.15, 0.2) is 0 Å². The molecule has 80 valence electrons. The van der Waals surface area contributed by atoms with Crippen molar-refractivity contribution in [2.75, 3.05) is 0 Å². The number of hydrogen-bond acceptors (Lipinski definition) is 5. The second kappa shape index (κ2) is 4.83. The van der Waals surface area contributed by atoms with Crippen molar-refractivity contribution in [3.8, 4) is 0 Å². The third kappa shape index (κ3) is 5.06. The molecule has 0 amide bonds. The van der Waals surface area contributed by atoms with Crippen LogP contribution in [0, 0.1) is 0 Å². The normalized spacial score (nSPS) is 10.5. The fourth-order valence-corrected chi connectivity index (χ4v) is 1.02. The van der Waals surface area contributed by atoms with E-state index in [2.05, 4.69) is 17.1 Å². The van der Waals surface area contributed by atoms with Crippen molar-refractivity contribution < 1.29 is 17.5 Å². The van der Waals surface area contributed by atoms with E-state index in [-0.39, 0.29) is 0 Å². The van der Waals surface area contributed by atoms with Gasteiger partial charge in [-0.1, -0.05) is 24.3 Å². The van der Waals surface area contributed by atoms with E-state index in [0.29, 0.717) is 0 Å². The Labute approximate surface area is 87.0 Å². The number of para-hydroxylation sites is 1.